The summed E-state index contributed by atoms with van der Waals surface area (Å²) in [6, 6.07) is 14.2. The summed E-state index contributed by atoms with van der Waals surface area (Å²) < 4.78 is 94.9. The van der Waals surface area contributed by atoms with Crippen LogP contribution in [0.15, 0.2) is 58.8 Å². The molecular formula is C23H26F7N4O2+. The van der Waals surface area contributed by atoms with Crippen LogP contribution in [0.3, 0.4) is 0 Å². The number of alkyl halides is 7. The number of quaternary nitrogens is 1. The highest BCUT2D eigenvalue weighted by Gasteiger charge is 2.76. The molecular weight excluding hydrogens is 497 g/mol. The van der Waals surface area contributed by atoms with Gasteiger partial charge < -0.3 is 14.5 Å². The van der Waals surface area contributed by atoms with E-state index in [0.717, 1.165) is 5.56 Å². The highest BCUT2D eigenvalue weighted by atomic mass is 19.4. The van der Waals surface area contributed by atoms with Gasteiger partial charge in [-0.2, -0.15) is 41.0 Å². The van der Waals surface area contributed by atoms with Crippen molar-refractivity contribution < 1.29 is 44.7 Å². The first-order valence-corrected chi connectivity index (χ1v) is 10.7. The van der Waals surface area contributed by atoms with Crippen molar-refractivity contribution in [1.29, 1.82) is 0 Å². The molecule has 0 radical (unpaired) electrons. The molecule has 36 heavy (non-hydrogen) atoms. The van der Waals surface area contributed by atoms with Crippen molar-refractivity contribution in [2.24, 2.45) is 10.2 Å². The number of nitrogens with zero attached hydrogens (tertiary/aromatic N) is 3. The van der Waals surface area contributed by atoms with E-state index in [1.54, 1.807) is 38.4 Å². The average molecular weight is 523 g/mol. The van der Waals surface area contributed by atoms with Crippen LogP contribution >= 0.6 is 0 Å². The average Bonchev–Trinajstić information content (AvgIpc) is 2.78. The number of ether oxygens (including phenoxy) is 1. The molecule has 0 aliphatic rings. The van der Waals surface area contributed by atoms with Crippen molar-refractivity contribution in [1.82, 2.24) is 5.32 Å². The third kappa shape index (κ3) is 7.64. The number of likely N-dealkylation sites (N-methyl/N-ethyl adjacent to an activating group) is 1. The summed E-state index contributed by atoms with van der Waals surface area (Å²) in [4.78, 5) is 11.3. The number of benzene rings is 2. The lowest BCUT2D eigenvalue weighted by Gasteiger charge is -2.31. The third-order valence-electron chi connectivity index (χ3n) is 5.16. The summed E-state index contributed by atoms with van der Waals surface area (Å²) in [6.07, 6.45) is -6.57. The Kier molecular flexibility index (Phi) is 9.05. The second-order valence-corrected chi connectivity index (χ2v) is 8.66. The second kappa shape index (κ2) is 11.2. The van der Waals surface area contributed by atoms with Gasteiger partial charge >= 0.3 is 18.0 Å². The highest BCUT2D eigenvalue weighted by Crippen LogP contribution is 2.46. The molecule has 1 N–H and O–H groups in total. The van der Waals surface area contributed by atoms with E-state index in [-0.39, 0.29) is 17.6 Å². The molecule has 0 aliphatic heterocycles. The van der Waals surface area contributed by atoms with Crippen LogP contribution in [0, 0.1) is 6.92 Å². The van der Waals surface area contributed by atoms with Crippen molar-refractivity contribution in [2.45, 2.75) is 24.9 Å². The van der Waals surface area contributed by atoms with Crippen LogP contribution in [0.4, 0.5) is 42.1 Å². The molecule has 2 aromatic carbocycles. The van der Waals surface area contributed by atoms with Gasteiger partial charge in [-0.3, -0.25) is 4.79 Å². The van der Waals surface area contributed by atoms with Gasteiger partial charge in [0, 0.05) is 0 Å². The van der Waals surface area contributed by atoms with Gasteiger partial charge in [0.1, 0.15) is 18.9 Å². The van der Waals surface area contributed by atoms with Crippen molar-refractivity contribution >= 4 is 17.3 Å². The fourth-order valence-electron chi connectivity index (χ4n) is 2.76. The molecule has 0 heterocycles. The molecule has 0 aliphatic carbocycles. The number of rotatable bonds is 11. The Bertz CT molecular complexity index is 1040. The second-order valence-electron chi connectivity index (χ2n) is 8.66. The van der Waals surface area contributed by atoms with E-state index in [4.69, 9.17) is 4.74 Å². The minimum absolute atomic E-state index is 0.0267. The lowest BCUT2D eigenvalue weighted by atomic mass is 10.1. The molecule has 0 saturated carbocycles. The first kappa shape index (κ1) is 29.0. The van der Waals surface area contributed by atoms with E-state index in [0.29, 0.717) is 23.7 Å². The Morgan fingerprint density at radius 2 is 1.36 bits per heavy atom. The molecule has 0 spiro atoms. The monoisotopic (exact) mass is 523 g/mol. The summed E-state index contributed by atoms with van der Waals surface area (Å²) >= 11 is 0. The Balaban J connectivity index is 1.79. The SMILES string of the molecule is Cc1ccc(N=Nc2ccc(OCC[N+](C)(C)CCNC(=O)C(F)(F)C(F)(F)C(F)(F)F)cc2)cc1. The van der Waals surface area contributed by atoms with Crippen molar-refractivity contribution in [2.75, 3.05) is 40.3 Å². The Morgan fingerprint density at radius 3 is 1.86 bits per heavy atom. The lowest BCUT2D eigenvalue weighted by molar-refractivity contribution is -0.889. The van der Waals surface area contributed by atoms with Crippen LogP contribution < -0.4 is 10.1 Å². The molecule has 1 amide bonds. The van der Waals surface area contributed by atoms with E-state index < -0.39 is 30.5 Å². The molecule has 0 bridgehead atoms. The van der Waals surface area contributed by atoms with Crippen LogP contribution in [-0.4, -0.2) is 68.7 Å². The van der Waals surface area contributed by atoms with Crippen molar-refractivity contribution in [3.8, 4) is 5.75 Å². The van der Waals surface area contributed by atoms with E-state index in [9.17, 15) is 35.5 Å². The molecule has 0 saturated heterocycles. The van der Waals surface area contributed by atoms with Crippen LogP contribution in [0.5, 0.6) is 5.75 Å². The summed E-state index contributed by atoms with van der Waals surface area (Å²) in [6.45, 7) is 1.88. The van der Waals surface area contributed by atoms with Crippen molar-refractivity contribution in [3.63, 3.8) is 0 Å². The smallest absolute Gasteiger partial charge is 0.460 e. The molecule has 2 rings (SSSR count). The zero-order chi connectivity index (χ0) is 27.2. The minimum Gasteiger partial charge on any atom is -0.488 e. The third-order valence-corrected chi connectivity index (χ3v) is 5.16. The molecule has 6 nitrogen and oxygen atoms in total. The number of carbonyl (C=O) groups is 1. The zero-order valence-electron chi connectivity index (χ0n) is 19.8. The van der Waals surface area contributed by atoms with Crippen molar-refractivity contribution in [3.05, 3.63) is 54.1 Å². The maximum atomic E-state index is 13.4. The predicted molar refractivity (Wildman–Crippen MR) is 118 cm³/mol. The Morgan fingerprint density at radius 1 is 0.861 bits per heavy atom. The number of halogens is 7. The molecule has 0 unspecified atom stereocenters. The summed E-state index contributed by atoms with van der Waals surface area (Å²) in [5, 5.41) is 9.71. The number of hydrogen-bond acceptors (Lipinski definition) is 4. The Labute approximate surface area is 203 Å². The summed E-state index contributed by atoms with van der Waals surface area (Å²) in [7, 11) is 3.29. The molecule has 13 heteroatoms. The first-order valence-electron chi connectivity index (χ1n) is 10.7. The van der Waals surface area contributed by atoms with Crippen LogP contribution in [-0.2, 0) is 4.79 Å². The number of carbonyl (C=O) groups excluding carboxylic acids is 1. The van der Waals surface area contributed by atoms with Crippen LogP contribution in [0.25, 0.3) is 0 Å². The van der Waals surface area contributed by atoms with Gasteiger partial charge in [0.05, 0.1) is 38.6 Å². The maximum absolute atomic E-state index is 13.4. The quantitative estimate of drug-likeness (QED) is 0.229. The van der Waals surface area contributed by atoms with Gasteiger partial charge in [-0.1, -0.05) is 17.7 Å². The van der Waals surface area contributed by atoms with E-state index in [1.807, 2.05) is 31.2 Å². The molecule has 0 fully saturated rings. The van der Waals surface area contributed by atoms with Gasteiger partial charge in [0.2, 0.25) is 0 Å². The molecule has 2 aromatic rings. The predicted octanol–water partition coefficient (Wildman–Crippen LogP) is 5.81. The molecule has 198 valence electrons. The maximum Gasteiger partial charge on any atom is 0.460 e. The van der Waals surface area contributed by atoms with Gasteiger partial charge in [-0.05, 0) is 43.3 Å². The van der Waals surface area contributed by atoms with Gasteiger partial charge in [-0.25, -0.2) is 0 Å². The van der Waals surface area contributed by atoms with Crippen LogP contribution in [0.2, 0.25) is 0 Å². The molecule has 0 aromatic heterocycles. The Hall–Kier alpha value is -3.22. The summed E-state index contributed by atoms with van der Waals surface area (Å²) in [5.41, 5.74) is 2.41. The van der Waals surface area contributed by atoms with E-state index in [2.05, 4.69) is 10.2 Å². The number of aryl methyl sites for hydroxylation is 1. The largest absolute Gasteiger partial charge is 0.488 e. The lowest BCUT2D eigenvalue weighted by Crippen LogP contribution is -2.60. The summed E-state index contributed by atoms with van der Waals surface area (Å²) in [5.74, 6) is -14.6. The standard InChI is InChI=1S/C23H25F7N4O2/c1-16-4-6-17(7-5-16)32-33-18-8-10-19(11-9-18)36-15-14-34(2,3)13-12-31-20(35)21(24,25)22(26,27)23(28,29)30/h4-11H,12-15H2,1-3H3/p+1. The highest BCUT2D eigenvalue weighted by molar-refractivity contribution is 5.84. The zero-order valence-corrected chi connectivity index (χ0v) is 19.8. The van der Waals surface area contributed by atoms with Gasteiger partial charge in [0.25, 0.3) is 5.91 Å². The first-order chi connectivity index (χ1) is 16.5. The van der Waals surface area contributed by atoms with Gasteiger partial charge in [-0.15, -0.1) is 0 Å². The number of nitrogens with one attached hydrogen (secondary N) is 1. The van der Waals surface area contributed by atoms with E-state index in [1.165, 1.54) is 5.32 Å². The van der Waals surface area contributed by atoms with Crippen LogP contribution in [0.1, 0.15) is 5.56 Å². The fraction of sp³-hybridized carbons (Fsp3) is 0.435. The number of azo groups is 1. The van der Waals surface area contributed by atoms with E-state index >= 15 is 0 Å². The number of amides is 1. The molecule has 0 atom stereocenters. The number of hydrogen-bond donors (Lipinski definition) is 1. The van der Waals surface area contributed by atoms with Gasteiger partial charge in [0.15, 0.2) is 0 Å². The minimum atomic E-state index is -6.57. The fourth-order valence-corrected chi connectivity index (χ4v) is 2.76. The topological polar surface area (TPSA) is 63.1 Å². The normalized spacial score (nSPS) is 13.2.